The van der Waals surface area contributed by atoms with E-state index in [1.54, 1.807) is 0 Å². The fourth-order valence-corrected chi connectivity index (χ4v) is 1.86. The summed E-state index contributed by atoms with van der Waals surface area (Å²) in [6.45, 7) is 1.34. The second-order valence-electron chi connectivity index (χ2n) is 4.22. The number of hydrogen-bond acceptors (Lipinski definition) is 3. The van der Waals surface area contributed by atoms with Crippen LogP contribution in [-0.2, 0) is 11.4 Å². The van der Waals surface area contributed by atoms with Crippen molar-refractivity contribution < 1.29 is 14.7 Å². The number of nitrogens with zero attached hydrogens (tertiary/aromatic N) is 2. The van der Waals surface area contributed by atoms with Gasteiger partial charge in [-0.15, -0.1) is 0 Å². The van der Waals surface area contributed by atoms with E-state index in [9.17, 15) is 4.79 Å². The third-order valence-corrected chi connectivity index (χ3v) is 2.80. The van der Waals surface area contributed by atoms with E-state index in [2.05, 4.69) is 5.16 Å². The van der Waals surface area contributed by atoms with Gasteiger partial charge in [-0.25, -0.2) is 4.79 Å². The standard InChI is InChI=1S/C13H16N2O3.Na.H/c16-13(17)15-8-4-7-12(9-15)14-18-10-11-5-2-1-3-6-11;;/h1-3,5-6H,4,7-10H2,(H,16,17);;. The molecule has 1 aromatic carbocycles. The Bertz CT molecular complexity index is 437. The van der Waals surface area contributed by atoms with Crippen LogP contribution in [0.1, 0.15) is 18.4 Å². The molecule has 1 heterocycles. The molecule has 0 saturated carbocycles. The summed E-state index contributed by atoms with van der Waals surface area (Å²) in [5.74, 6) is 0. The summed E-state index contributed by atoms with van der Waals surface area (Å²) < 4.78 is 0. The molecule has 19 heavy (non-hydrogen) atoms. The summed E-state index contributed by atoms with van der Waals surface area (Å²) in [4.78, 5) is 17.4. The van der Waals surface area contributed by atoms with Crippen LogP contribution >= 0.6 is 0 Å². The summed E-state index contributed by atoms with van der Waals surface area (Å²) in [5, 5.41) is 12.9. The fraction of sp³-hybridized carbons (Fsp3) is 0.385. The molecular formula is C13H17N2NaO3. The van der Waals surface area contributed by atoms with Crippen LogP contribution in [0.25, 0.3) is 0 Å². The van der Waals surface area contributed by atoms with Crippen LogP contribution in [-0.4, -0.2) is 64.5 Å². The van der Waals surface area contributed by atoms with Gasteiger partial charge in [0, 0.05) is 6.54 Å². The van der Waals surface area contributed by atoms with Crippen molar-refractivity contribution in [2.75, 3.05) is 13.1 Å². The van der Waals surface area contributed by atoms with Crippen molar-refractivity contribution in [1.29, 1.82) is 0 Å². The molecule has 5 nitrogen and oxygen atoms in total. The Kier molecular flexibility index (Phi) is 6.91. The zero-order valence-corrected chi connectivity index (χ0v) is 10.1. The van der Waals surface area contributed by atoms with E-state index >= 15 is 0 Å². The number of rotatable bonds is 3. The monoisotopic (exact) mass is 272 g/mol. The summed E-state index contributed by atoms with van der Waals surface area (Å²) in [5.41, 5.74) is 1.84. The second kappa shape index (κ2) is 8.19. The van der Waals surface area contributed by atoms with Crippen molar-refractivity contribution in [1.82, 2.24) is 4.90 Å². The molecule has 0 radical (unpaired) electrons. The van der Waals surface area contributed by atoms with Crippen molar-refractivity contribution in [2.45, 2.75) is 19.4 Å². The summed E-state index contributed by atoms with van der Waals surface area (Å²) in [6.07, 6.45) is 0.712. The van der Waals surface area contributed by atoms with E-state index in [-0.39, 0.29) is 29.6 Å². The molecule has 1 amide bonds. The van der Waals surface area contributed by atoms with Gasteiger partial charge < -0.3 is 14.8 Å². The van der Waals surface area contributed by atoms with Gasteiger partial charge in [0.05, 0.1) is 12.3 Å². The van der Waals surface area contributed by atoms with Gasteiger partial charge in [0.1, 0.15) is 6.61 Å². The minimum absolute atomic E-state index is 0. The molecule has 6 heteroatoms. The molecule has 98 valence electrons. The van der Waals surface area contributed by atoms with Crippen LogP contribution in [0.5, 0.6) is 0 Å². The number of carboxylic acid groups (broad SMARTS) is 1. The Morgan fingerprint density at radius 2 is 2.11 bits per heavy atom. The van der Waals surface area contributed by atoms with Gasteiger partial charge in [0.25, 0.3) is 0 Å². The van der Waals surface area contributed by atoms with Crippen LogP contribution in [0, 0.1) is 0 Å². The number of hydrogen-bond donors (Lipinski definition) is 1. The molecule has 1 N–H and O–H groups in total. The molecule has 2 rings (SSSR count). The van der Waals surface area contributed by atoms with E-state index in [1.165, 1.54) is 4.90 Å². The van der Waals surface area contributed by atoms with Gasteiger partial charge in [0.2, 0.25) is 0 Å². The van der Waals surface area contributed by atoms with Crippen LogP contribution in [0.2, 0.25) is 0 Å². The zero-order valence-electron chi connectivity index (χ0n) is 10.1. The van der Waals surface area contributed by atoms with Gasteiger partial charge in [0.15, 0.2) is 0 Å². The quantitative estimate of drug-likeness (QED) is 0.672. The van der Waals surface area contributed by atoms with Crippen molar-refractivity contribution in [3.8, 4) is 0 Å². The van der Waals surface area contributed by atoms with Gasteiger partial charge in [-0.05, 0) is 18.4 Å². The maximum atomic E-state index is 10.8. The van der Waals surface area contributed by atoms with Gasteiger partial charge in [-0.3, -0.25) is 0 Å². The summed E-state index contributed by atoms with van der Waals surface area (Å²) in [6, 6.07) is 9.76. The first-order valence-electron chi connectivity index (χ1n) is 5.95. The Morgan fingerprint density at radius 3 is 2.79 bits per heavy atom. The van der Waals surface area contributed by atoms with Crippen molar-refractivity contribution in [2.24, 2.45) is 5.16 Å². The minimum atomic E-state index is -0.898. The number of piperidine rings is 1. The van der Waals surface area contributed by atoms with Gasteiger partial charge >= 0.3 is 35.7 Å². The second-order valence-corrected chi connectivity index (χ2v) is 4.22. The van der Waals surface area contributed by atoms with Crippen LogP contribution < -0.4 is 0 Å². The number of likely N-dealkylation sites (tertiary alicyclic amines) is 1. The maximum absolute atomic E-state index is 10.8. The van der Waals surface area contributed by atoms with Crippen molar-refractivity contribution in [3.05, 3.63) is 35.9 Å². The van der Waals surface area contributed by atoms with Crippen LogP contribution in [0.15, 0.2) is 35.5 Å². The third-order valence-electron chi connectivity index (χ3n) is 2.80. The Hall–Kier alpha value is -1.04. The molecule has 1 fully saturated rings. The van der Waals surface area contributed by atoms with Crippen molar-refractivity contribution in [3.63, 3.8) is 0 Å². The molecule has 1 saturated heterocycles. The normalized spacial score (nSPS) is 16.8. The first-order valence-corrected chi connectivity index (χ1v) is 5.95. The fourth-order valence-electron chi connectivity index (χ4n) is 1.86. The van der Waals surface area contributed by atoms with E-state index in [1.807, 2.05) is 30.3 Å². The van der Waals surface area contributed by atoms with Crippen LogP contribution in [0.3, 0.4) is 0 Å². The zero-order chi connectivity index (χ0) is 12.8. The molecule has 0 spiro atoms. The molecule has 0 aromatic heterocycles. The molecule has 0 atom stereocenters. The molecule has 1 aliphatic rings. The third kappa shape index (κ3) is 5.22. The topological polar surface area (TPSA) is 62.1 Å². The predicted octanol–water partition coefficient (Wildman–Crippen LogP) is 1.68. The van der Waals surface area contributed by atoms with E-state index in [0.717, 1.165) is 24.1 Å². The summed E-state index contributed by atoms with van der Waals surface area (Å²) >= 11 is 0. The number of benzene rings is 1. The molecule has 0 aliphatic carbocycles. The first kappa shape index (κ1) is 16.0. The van der Waals surface area contributed by atoms with Crippen LogP contribution in [0.4, 0.5) is 4.79 Å². The van der Waals surface area contributed by atoms with E-state index in [0.29, 0.717) is 19.7 Å². The van der Waals surface area contributed by atoms with E-state index in [4.69, 9.17) is 9.94 Å². The average molecular weight is 272 g/mol. The number of oxime groups is 1. The molecule has 0 unspecified atom stereocenters. The SMILES string of the molecule is O=C(O)N1CCCC(=NOCc2ccccc2)C1.[NaH]. The number of carbonyl (C=O) groups is 1. The van der Waals surface area contributed by atoms with Gasteiger partial charge in [-0.1, -0.05) is 35.5 Å². The molecule has 0 bridgehead atoms. The Morgan fingerprint density at radius 1 is 1.37 bits per heavy atom. The first-order chi connectivity index (χ1) is 8.75. The van der Waals surface area contributed by atoms with Gasteiger partial charge in [-0.2, -0.15) is 0 Å². The Balaban J connectivity index is 0.00000180. The van der Waals surface area contributed by atoms with E-state index < -0.39 is 6.09 Å². The molecular weight excluding hydrogens is 255 g/mol. The Labute approximate surface area is 134 Å². The predicted molar refractivity (Wildman–Crippen MR) is 74.6 cm³/mol. The van der Waals surface area contributed by atoms with Crippen molar-refractivity contribution >= 4 is 41.4 Å². The number of amides is 1. The average Bonchev–Trinajstić information content (AvgIpc) is 2.40. The molecule has 1 aliphatic heterocycles. The summed E-state index contributed by atoms with van der Waals surface area (Å²) in [7, 11) is 0. The molecule has 1 aromatic rings.